The Morgan fingerprint density at radius 2 is 1.39 bits per heavy atom. The molecule has 106 valence electrons. The maximum absolute atomic E-state index is 11.3. The van der Waals surface area contributed by atoms with Gasteiger partial charge < -0.3 is 10.2 Å². The van der Waals surface area contributed by atoms with Crippen LogP contribution in [0.2, 0.25) is 0 Å². The Labute approximate surface area is 109 Å². The second-order valence-corrected chi connectivity index (χ2v) is 5.37. The van der Waals surface area contributed by atoms with Crippen molar-refractivity contribution in [1.82, 2.24) is 0 Å². The lowest BCUT2D eigenvalue weighted by Crippen LogP contribution is -2.31. The summed E-state index contributed by atoms with van der Waals surface area (Å²) in [6, 6.07) is 0. The second kappa shape index (κ2) is 6.76. The molecule has 1 atom stereocenters. The first-order chi connectivity index (χ1) is 8.28. The molecule has 0 bridgehead atoms. The Morgan fingerprint density at radius 1 is 0.889 bits per heavy atom. The van der Waals surface area contributed by atoms with E-state index in [9.17, 15) is 14.7 Å². The lowest BCUT2D eigenvalue weighted by Gasteiger charge is -2.29. The van der Waals surface area contributed by atoms with Crippen LogP contribution in [0.5, 0.6) is 0 Å². The Bertz CT molecular complexity index is 294. The minimum atomic E-state index is -0.793. The second-order valence-electron chi connectivity index (χ2n) is 5.37. The van der Waals surface area contributed by atoms with Gasteiger partial charge in [-0.05, 0) is 39.0 Å². The van der Waals surface area contributed by atoms with Gasteiger partial charge in [-0.15, -0.1) is 0 Å². The van der Waals surface area contributed by atoms with E-state index in [1.807, 2.05) is 20.8 Å². The van der Waals surface area contributed by atoms with Crippen LogP contribution in [0, 0.1) is 10.8 Å². The highest BCUT2D eigenvalue weighted by molar-refractivity contribution is 5.75. The summed E-state index contributed by atoms with van der Waals surface area (Å²) in [6.07, 6.45) is 3.49. The Kier molecular flexibility index (Phi) is 6.36. The summed E-state index contributed by atoms with van der Waals surface area (Å²) in [5, 5.41) is 18.5. The van der Waals surface area contributed by atoms with Crippen molar-refractivity contribution in [2.24, 2.45) is 10.8 Å². The van der Waals surface area contributed by atoms with Gasteiger partial charge in [0.1, 0.15) is 0 Å². The van der Waals surface area contributed by atoms with E-state index in [-0.39, 0.29) is 0 Å². The molecule has 0 aromatic heterocycles. The van der Waals surface area contributed by atoms with E-state index < -0.39 is 22.8 Å². The maximum atomic E-state index is 11.3. The summed E-state index contributed by atoms with van der Waals surface area (Å²) < 4.78 is 0. The molecule has 0 aromatic rings. The van der Waals surface area contributed by atoms with Crippen molar-refractivity contribution in [3.63, 3.8) is 0 Å². The summed E-state index contributed by atoms with van der Waals surface area (Å²) in [4.78, 5) is 22.5. The van der Waals surface area contributed by atoms with Crippen molar-refractivity contribution in [1.29, 1.82) is 0 Å². The molecule has 0 aliphatic heterocycles. The fraction of sp³-hybridized carbons (Fsp3) is 0.857. The van der Waals surface area contributed by atoms with Crippen molar-refractivity contribution in [3.05, 3.63) is 0 Å². The smallest absolute Gasteiger partial charge is 0.309 e. The highest BCUT2D eigenvalue weighted by atomic mass is 16.4. The van der Waals surface area contributed by atoms with Gasteiger partial charge >= 0.3 is 11.9 Å². The van der Waals surface area contributed by atoms with E-state index in [2.05, 4.69) is 0 Å². The Hall–Kier alpha value is -1.06. The fourth-order valence-electron chi connectivity index (χ4n) is 2.26. The molecular weight excluding hydrogens is 232 g/mol. The van der Waals surface area contributed by atoms with Gasteiger partial charge in [-0.25, -0.2) is 0 Å². The van der Waals surface area contributed by atoms with Gasteiger partial charge in [0.05, 0.1) is 10.8 Å². The van der Waals surface area contributed by atoms with Gasteiger partial charge in [-0.3, -0.25) is 9.59 Å². The van der Waals surface area contributed by atoms with Gasteiger partial charge in [0.15, 0.2) is 0 Å². The van der Waals surface area contributed by atoms with E-state index in [1.54, 1.807) is 6.92 Å². The van der Waals surface area contributed by atoms with Crippen LogP contribution in [-0.2, 0) is 9.59 Å². The summed E-state index contributed by atoms with van der Waals surface area (Å²) in [5.74, 6) is -1.56. The van der Waals surface area contributed by atoms with Crippen molar-refractivity contribution in [2.45, 2.75) is 66.2 Å². The first-order valence-corrected chi connectivity index (χ1v) is 6.74. The standard InChI is InChI=1S/C14H26O4/c1-5-13(4,11(15)16)9-8-10-14(6-2,7-3)12(17)18/h5-10H2,1-4H3,(H,15,16)(H,17,18). The number of carboxylic acid groups (broad SMARTS) is 2. The zero-order chi connectivity index (χ0) is 14.4. The zero-order valence-corrected chi connectivity index (χ0v) is 12.0. The quantitative estimate of drug-likeness (QED) is 0.663. The SMILES string of the molecule is CCC(C)(CCCC(CC)(CC)C(=O)O)C(=O)O. The Morgan fingerprint density at radius 3 is 1.67 bits per heavy atom. The van der Waals surface area contributed by atoms with E-state index in [0.717, 1.165) is 0 Å². The molecule has 0 radical (unpaired) electrons. The van der Waals surface area contributed by atoms with Crippen LogP contribution in [0.3, 0.4) is 0 Å². The summed E-state index contributed by atoms with van der Waals surface area (Å²) >= 11 is 0. The molecule has 0 saturated carbocycles. The first-order valence-electron chi connectivity index (χ1n) is 6.74. The fourth-order valence-corrected chi connectivity index (χ4v) is 2.26. The highest BCUT2D eigenvalue weighted by Gasteiger charge is 2.36. The number of carboxylic acids is 2. The largest absolute Gasteiger partial charge is 0.481 e. The Balaban J connectivity index is 4.57. The third-order valence-electron chi connectivity index (χ3n) is 4.49. The molecule has 4 heteroatoms. The molecule has 18 heavy (non-hydrogen) atoms. The number of carbonyl (C=O) groups is 2. The number of rotatable bonds is 9. The van der Waals surface area contributed by atoms with Crippen molar-refractivity contribution >= 4 is 11.9 Å². The molecule has 0 aliphatic rings. The minimum Gasteiger partial charge on any atom is -0.481 e. The molecular formula is C14H26O4. The van der Waals surface area contributed by atoms with Crippen LogP contribution in [0.4, 0.5) is 0 Å². The van der Waals surface area contributed by atoms with Crippen LogP contribution >= 0.6 is 0 Å². The van der Waals surface area contributed by atoms with Gasteiger partial charge in [0, 0.05) is 0 Å². The molecule has 0 fully saturated rings. The number of hydrogen-bond donors (Lipinski definition) is 2. The van der Waals surface area contributed by atoms with Crippen LogP contribution < -0.4 is 0 Å². The molecule has 0 spiro atoms. The highest BCUT2D eigenvalue weighted by Crippen LogP contribution is 2.36. The summed E-state index contributed by atoms with van der Waals surface area (Å²) in [6.45, 7) is 7.36. The normalized spacial score (nSPS) is 15.1. The van der Waals surface area contributed by atoms with Gasteiger partial charge in [-0.1, -0.05) is 27.2 Å². The predicted molar refractivity (Wildman–Crippen MR) is 70.5 cm³/mol. The zero-order valence-electron chi connectivity index (χ0n) is 12.0. The number of aliphatic carboxylic acids is 2. The summed E-state index contributed by atoms with van der Waals surface area (Å²) in [7, 11) is 0. The monoisotopic (exact) mass is 258 g/mol. The topological polar surface area (TPSA) is 74.6 Å². The first kappa shape index (κ1) is 16.9. The minimum absolute atomic E-state index is 0.536. The van der Waals surface area contributed by atoms with E-state index in [4.69, 9.17) is 5.11 Å². The van der Waals surface area contributed by atoms with E-state index in [1.165, 1.54) is 0 Å². The summed E-state index contributed by atoms with van der Waals surface area (Å²) in [5.41, 5.74) is -1.42. The lowest BCUT2D eigenvalue weighted by molar-refractivity contribution is -0.150. The molecule has 0 rings (SSSR count). The average Bonchev–Trinajstić information content (AvgIpc) is 2.34. The van der Waals surface area contributed by atoms with Crippen LogP contribution in [0.15, 0.2) is 0 Å². The lowest BCUT2D eigenvalue weighted by atomic mass is 9.75. The molecule has 4 nitrogen and oxygen atoms in total. The van der Waals surface area contributed by atoms with Crippen LogP contribution in [0.25, 0.3) is 0 Å². The molecule has 0 heterocycles. The van der Waals surface area contributed by atoms with Crippen molar-refractivity contribution < 1.29 is 19.8 Å². The molecule has 1 unspecified atom stereocenters. The van der Waals surface area contributed by atoms with Gasteiger partial charge in [0.2, 0.25) is 0 Å². The maximum Gasteiger partial charge on any atom is 0.309 e. The average molecular weight is 258 g/mol. The molecule has 0 saturated heterocycles. The number of hydrogen-bond acceptors (Lipinski definition) is 2. The molecule has 2 N–H and O–H groups in total. The van der Waals surface area contributed by atoms with Gasteiger partial charge in [-0.2, -0.15) is 0 Å². The van der Waals surface area contributed by atoms with E-state index in [0.29, 0.717) is 38.5 Å². The molecule has 0 amide bonds. The predicted octanol–water partition coefficient (Wildman–Crippen LogP) is 3.55. The van der Waals surface area contributed by atoms with Crippen LogP contribution in [0.1, 0.15) is 66.2 Å². The molecule has 0 aliphatic carbocycles. The van der Waals surface area contributed by atoms with Gasteiger partial charge in [0.25, 0.3) is 0 Å². The molecule has 0 aromatic carbocycles. The third-order valence-corrected chi connectivity index (χ3v) is 4.49. The van der Waals surface area contributed by atoms with E-state index >= 15 is 0 Å². The van der Waals surface area contributed by atoms with Crippen LogP contribution in [-0.4, -0.2) is 22.2 Å². The van der Waals surface area contributed by atoms with Crippen molar-refractivity contribution in [3.8, 4) is 0 Å². The third kappa shape index (κ3) is 3.72. The van der Waals surface area contributed by atoms with Crippen molar-refractivity contribution in [2.75, 3.05) is 0 Å².